The van der Waals surface area contributed by atoms with Gasteiger partial charge in [0.1, 0.15) is 0 Å². The Kier molecular flexibility index (Phi) is 12.9. The topological polar surface area (TPSA) is 64.6 Å². The van der Waals surface area contributed by atoms with Crippen molar-refractivity contribution < 1.29 is 9.90 Å². The second-order valence-electron chi connectivity index (χ2n) is 6.33. The van der Waals surface area contributed by atoms with Crippen LogP contribution in [0, 0.1) is 5.92 Å². The SMILES string of the molecule is CNCCC(=O)NCC1CCN(CC(O)c2ccccc2)CC1.Cl.Cl. The number of likely N-dealkylation sites (tertiary alicyclic amines) is 1. The van der Waals surface area contributed by atoms with Crippen LogP contribution in [0.3, 0.4) is 0 Å². The Morgan fingerprint density at radius 1 is 1.24 bits per heavy atom. The van der Waals surface area contributed by atoms with Gasteiger partial charge in [0.05, 0.1) is 6.10 Å². The van der Waals surface area contributed by atoms with Gasteiger partial charge in [0.2, 0.25) is 5.91 Å². The molecule has 1 heterocycles. The predicted octanol–water partition coefficient (Wildman–Crippen LogP) is 2.00. The first-order valence-electron chi connectivity index (χ1n) is 8.55. The van der Waals surface area contributed by atoms with Gasteiger partial charge >= 0.3 is 0 Å². The molecule has 1 amide bonds. The molecule has 2 rings (SSSR count). The van der Waals surface area contributed by atoms with Crippen LogP contribution >= 0.6 is 24.8 Å². The average Bonchev–Trinajstić information content (AvgIpc) is 2.60. The number of hydrogen-bond donors (Lipinski definition) is 3. The lowest BCUT2D eigenvalue weighted by atomic mass is 9.96. The second-order valence-corrected chi connectivity index (χ2v) is 6.33. The van der Waals surface area contributed by atoms with Crippen LogP contribution in [0.15, 0.2) is 30.3 Å². The Balaban J connectivity index is 0.00000288. The van der Waals surface area contributed by atoms with Crippen LogP contribution in [0.4, 0.5) is 0 Å². The van der Waals surface area contributed by atoms with Crippen molar-refractivity contribution in [2.45, 2.75) is 25.4 Å². The van der Waals surface area contributed by atoms with Crippen molar-refractivity contribution in [2.75, 3.05) is 39.8 Å². The van der Waals surface area contributed by atoms with E-state index in [1.165, 1.54) is 0 Å². The molecule has 1 unspecified atom stereocenters. The molecule has 0 saturated carbocycles. The third kappa shape index (κ3) is 8.88. The Bertz CT molecular complexity index is 469. The van der Waals surface area contributed by atoms with E-state index < -0.39 is 6.10 Å². The van der Waals surface area contributed by atoms with Crippen LogP contribution in [0.1, 0.15) is 30.9 Å². The van der Waals surface area contributed by atoms with E-state index in [1.54, 1.807) is 0 Å². The van der Waals surface area contributed by atoms with E-state index in [4.69, 9.17) is 0 Å². The van der Waals surface area contributed by atoms with Gasteiger partial charge in [-0.3, -0.25) is 4.79 Å². The van der Waals surface area contributed by atoms with E-state index in [2.05, 4.69) is 15.5 Å². The fourth-order valence-electron chi connectivity index (χ4n) is 2.98. The lowest BCUT2D eigenvalue weighted by Crippen LogP contribution is -2.40. The van der Waals surface area contributed by atoms with Crippen LogP contribution in [-0.2, 0) is 4.79 Å². The largest absolute Gasteiger partial charge is 0.387 e. The summed E-state index contributed by atoms with van der Waals surface area (Å²) in [5.41, 5.74) is 0.978. The number of hydrogen-bond acceptors (Lipinski definition) is 4. The lowest BCUT2D eigenvalue weighted by Gasteiger charge is -2.33. The maximum absolute atomic E-state index is 11.6. The number of rotatable bonds is 8. The molecule has 5 nitrogen and oxygen atoms in total. The number of β-amino-alcohol motifs (C(OH)–C–C–N with tert-alkyl or cyclic N) is 1. The number of carbonyl (C=O) groups excluding carboxylic acids is 1. The molecule has 7 heteroatoms. The van der Waals surface area contributed by atoms with Crippen molar-refractivity contribution in [3.63, 3.8) is 0 Å². The zero-order chi connectivity index (χ0) is 16.5. The van der Waals surface area contributed by atoms with Gasteiger partial charge in [0.25, 0.3) is 0 Å². The van der Waals surface area contributed by atoms with E-state index in [0.717, 1.165) is 44.6 Å². The lowest BCUT2D eigenvalue weighted by molar-refractivity contribution is -0.121. The molecule has 0 spiro atoms. The Labute approximate surface area is 163 Å². The molecule has 25 heavy (non-hydrogen) atoms. The summed E-state index contributed by atoms with van der Waals surface area (Å²) in [5, 5.41) is 16.3. The molecule has 0 radical (unpaired) electrons. The minimum Gasteiger partial charge on any atom is -0.387 e. The molecule has 144 valence electrons. The second kappa shape index (κ2) is 13.4. The van der Waals surface area contributed by atoms with Gasteiger partial charge in [-0.15, -0.1) is 24.8 Å². The number of benzene rings is 1. The zero-order valence-corrected chi connectivity index (χ0v) is 16.5. The molecule has 0 aromatic heterocycles. The minimum atomic E-state index is -0.422. The quantitative estimate of drug-likeness (QED) is 0.633. The molecule has 1 saturated heterocycles. The first kappa shape index (κ1) is 24.1. The number of aliphatic hydroxyl groups excluding tert-OH is 1. The number of carbonyl (C=O) groups is 1. The third-order valence-corrected chi connectivity index (χ3v) is 4.51. The minimum absolute atomic E-state index is 0. The van der Waals surface area contributed by atoms with Crippen molar-refractivity contribution in [1.29, 1.82) is 0 Å². The standard InChI is InChI=1S/C18H29N3O2.2ClH/c1-19-10-7-18(23)20-13-15-8-11-21(12-9-15)14-17(22)16-5-3-2-4-6-16;;/h2-6,15,17,19,22H,7-14H2,1H3,(H,20,23);2*1H. The fraction of sp³-hybridized carbons (Fsp3) is 0.611. The van der Waals surface area contributed by atoms with E-state index in [-0.39, 0.29) is 30.7 Å². The number of nitrogens with zero attached hydrogens (tertiary/aromatic N) is 1. The van der Waals surface area contributed by atoms with Crippen molar-refractivity contribution in [3.8, 4) is 0 Å². The molecule has 1 atom stereocenters. The Morgan fingerprint density at radius 2 is 1.88 bits per heavy atom. The molecule has 1 aromatic carbocycles. The van der Waals surface area contributed by atoms with Gasteiger partial charge in [-0.2, -0.15) is 0 Å². The molecule has 1 aliphatic heterocycles. The summed E-state index contributed by atoms with van der Waals surface area (Å²) in [6.45, 7) is 4.16. The molecule has 0 bridgehead atoms. The number of aliphatic hydroxyl groups is 1. The summed E-state index contributed by atoms with van der Waals surface area (Å²) in [6, 6.07) is 9.83. The van der Waals surface area contributed by atoms with Crippen LogP contribution in [-0.4, -0.2) is 55.7 Å². The van der Waals surface area contributed by atoms with Gasteiger partial charge in [-0.1, -0.05) is 30.3 Å². The fourth-order valence-corrected chi connectivity index (χ4v) is 2.98. The van der Waals surface area contributed by atoms with Crippen molar-refractivity contribution in [1.82, 2.24) is 15.5 Å². The molecular formula is C18H31Cl2N3O2. The number of nitrogens with one attached hydrogen (secondary N) is 2. The number of piperidine rings is 1. The normalized spacial score (nSPS) is 16.4. The highest BCUT2D eigenvalue weighted by molar-refractivity contribution is 5.85. The predicted molar refractivity (Wildman–Crippen MR) is 107 cm³/mol. The van der Waals surface area contributed by atoms with Crippen molar-refractivity contribution in [3.05, 3.63) is 35.9 Å². The highest BCUT2D eigenvalue weighted by Gasteiger charge is 2.21. The summed E-state index contributed by atoms with van der Waals surface area (Å²) in [5.74, 6) is 0.680. The maximum atomic E-state index is 11.6. The van der Waals surface area contributed by atoms with Gasteiger partial charge in [0, 0.05) is 26.1 Å². The third-order valence-electron chi connectivity index (χ3n) is 4.51. The molecule has 1 aromatic rings. The first-order valence-corrected chi connectivity index (χ1v) is 8.55. The van der Waals surface area contributed by atoms with E-state index in [1.807, 2.05) is 37.4 Å². The van der Waals surface area contributed by atoms with Crippen molar-refractivity contribution >= 4 is 30.7 Å². The smallest absolute Gasteiger partial charge is 0.221 e. The van der Waals surface area contributed by atoms with Crippen molar-refractivity contribution in [2.24, 2.45) is 5.92 Å². The Hall–Kier alpha value is -0.850. The van der Waals surface area contributed by atoms with Crippen LogP contribution in [0.2, 0.25) is 0 Å². The summed E-state index contributed by atoms with van der Waals surface area (Å²) in [6.07, 6.45) is 2.27. The average molecular weight is 392 g/mol. The first-order chi connectivity index (χ1) is 11.2. The number of amides is 1. The molecule has 0 aliphatic carbocycles. The molecule has 1 fully saturated rings. The summed E-state index contributed by atoms with van der Waals surface area (Å²) < 4.78 is 0. The monoisotopic (exact) mass is 391 g/mol. The molecule has 3 N–H and O–H groups in total. The van der Waals surface area contributed by atoms with E-state index in [9.17, 15) is 9.90 Å². The molecular weight excluding hydrogens is 361 g/mol. The highest BCUT2D eigenvalue weighted by Crippen LogP contribution is 2.20. The Morgan fingerprint density at radius 3 is 2.48 bits per heavy atom. The summed E-state index contributed by atoms with van der Waals surface area (Å²) in [4.78, 5) is 13.9. The van der Waals surface area contributed by atoms with Crippen LogP contribution in [0.25, 0.3) is 0 Å². The summed E-state index contributed by atoms with van der Waals surface area (Å²) >= 11 is 0. The summed E-state index contributed by atoms with van der Waals surface area (Å²) in [7, 11) is 1.85. The van der Waals surface area contributed by atoms with Crippen LogP contribution < -0.4 is 10.6 Å². The highest BCUT2D eigenvalue weighted by atomic mass is 35.5. The van der Waals surface area contributed by atoms with Crippen LogP contribution in [0.5, 0.6) is 0 Å². The maximum Gasteiger partial charge on any atom is 0.221 e. The van der Waals surface area contributed by atoms with Gasteiger partial charge in [0.15, 0.2) is 0 Å². The van der Waals surface area contributed by atoms with E-state index in [0.29, 0.717) is 18.9 Å². The van der Waals surface area contributed by atoms with Gasteiger partial charge in [-0.25, -0.2) is 0 Å². The number of halogens is 2. The molecule has 1 aliphatic rings. The zero-order valence-electron chi connectivity index (χ0n) is 14.8. The van der Waals surface area contributed by atoms with Gasteiger partial charge in [-0.05, 0) is 44.5 Å². The van der Waals surface area contributed by atoms with Gasteiger partial charge < -0.3 is 20.6 Å². The van der Waals surface area contributed by atoms with E-state index >= 15 is 0 Å².